The first-order chi connectivity index (χ1) is 10.3. The number of fused-ring (bicyclic) bond motifs is 6. The first kappa shape index (κ1) is 11.0. The van der Waals surface area contributed by atoms with Crippen LogP contribution in [-0.4, -0.2) is 4.40 Å². The van der Waals surface area contributed by atoms with Crippen LogP contribution in [0.5, 0.6) is 0 Å². The molecule has 2 heterocycles. The SMILES string of the molecule is Cc1cc2c(cc1N)c1cccc3c4ccccc4n2c31. The van der Waals surface area contributed by atoms with Gasteiger partial charge in [0, 0.05) is 27.2 Å². The van der Waals surface area contributed by atoms with Crippen LogP contribution in [0.4, 0.5) is 5.69 Å². The Hall–Kier alpha value is -2.74. The number of benzene rings is 3. The van der Waals surface area contributed by atoms with Gasteiger partial charge in [-0.1, -0.05) is 36.4 Å². The molecule has 5 rings (SSSR count). The van der Waals surface area contributed by atoms with Crippen molar-refractivity contribution >= 4 is 43.8 Å². The van der Waals surface area contributed by atoms with Crippen molar-refractivity contribution in [1.29, 1.82) is 0 Å². The summed E-state index contributed by atoms with van der Waals surface area (Å²) in [6.07, 6.45) is 0. The summed E-state index contributed by atoms with van der Waals surface area (Å²) in [5.41, 5.74) is 11.9. The zero-order chi connectivity index (χ0) is 14.1. The van der Waals surface area contributed by atoms with E-state index in [-0.39, 0.29) is 0 Å². The quantitative estimate of drug-likeness (QED) is 0.405. The predicted octanol–water partition coefficient (Wildman–Crippen LogP) is 4.73. The Morgan fingerprint density at radius 1 is 0.762 bits per heavy atom. The fourth-order valence-corrected chi connectivity index (χ4v) is 3.60. The number of nitrogens with zero attached hydrogens (tertiary/aromatic N) is 1. The number of rotatable bonds is 0. The van der Waals surface area contributed by atoms with E-state index in [0.29, 0.717) is 0 Å². The van der Waals surface area contributed by atoms with Crippen molar-refractivity contribution in [2.45, 2.75) is 6.92 Å². The number of aryl methyl sites for hydroxylation is 1. The van der Waals surface area contributed by atoms with Gasteiger partial charge in [0.05, 0.1) is 16.6 Å². The Bertz CT molecular complexity index is 1150. The van der Waals surface area contributed by atoms with E-state index in [2.05, 4.69) is 65.9 Å². The molecule has 0 bridgehead atoms. The standard InChI is InChI=1S/C19H14N2/c1-11-9-18-15(10-16(11)20)14-7-4-6-13-12-5-2-3-8-17(12)21(18)19(13)14/h2-10H,20H2,1H3. The second-order valence-corrected chi connectivity index (χ2v) is 5.78. The Labute approximate surface area is 121 Å². The van der Waals surface area contributed by atoms with E-state index in [0.717, 1.165) is 11.3 Å². The van der Waals surface area contributed by atoms with Gasteiger partial charge in [0.2, 0.25) is 0 Å². The zero-order valence-electron chi connectivity index (χ0n) is 11.7. The van der Waals surface area contributed by atoms with E-state index in [1.807, 2.05) is 0 Å². The van der Waals surface area contributed by atoms with Crippen LogP contribution in [0.15, 0.2) is 54.6 Å². The van der Waals surface area contributed by atoms with E-state index < -0.39 is 0 Å². The van der Waals surface area contributed by atoms with Crippen LogP contribution in [0.25, 0.3) is 38.1 Å². The maximum atomic E-state index is 6.13. The van der Waals surface area contributed by atoms with Crippen molar-refractivity contribution in [1.82, 2.24) is 4.40 Å². The van der Waals surface area contributed by atoms with Crippen LogP contribution in [0.2, 0.25) is 0 Å². The molecule has 2 N–H and O–H groups in total. The molecule has 0 spiro atoms. The first-order valence-electron chi connectivity index (χ1n) is 7.19. The summed E-state index contributed by atoms with van der Waals surface area (Å²) in [4.78, 5) is 0. The lowest BCUT2D eigenvalue weighted by Gasteiger charge is -2.02. The van der Waals surface area contributed by atoms with Gasteiger partial charge in [0.15, 0.2) is 0 Å². The van der Waals surface area contributed by atoms with Gasteiger partial charge in [0.1, 0.15) is 0 Å². The minimum Gasteiger partial charge on any atom is -0.398 e. The van der Waals surface area contributed by atoms with Gasteiger partial charge >= 0.3 is 0 Å². The molecule has 5 aromatic rings. The third-order valence-corrected chi connectivity index (χ3v) is 4.61. The summed E-state index contributed by atoms with van der Waals surface area (Å²) in [6, 6.07) is 19.5. The topological polar surface area (TPSA) is 30.4 Å². The van der Waals surface area contributed by atoms with Crippen LogP contribution >= 0.6 is 0 Å². The van der Waals surface area contributed by atoms with Gasteiger partial charge in [-0.3, -0.25) is 0 Å². The number of nitrogen functional groups attached to an aromatic ring is 1. The van der Waals surface area contributed by atoms with Crippen molar-refractivity contribution in [3.63, 3.8) is 0 Å². The van der Waals surface area contributed by atoms with E-state index >= 15 is 0 Å². The fourth-order valence-electron chi connectivity index (χ4n) is 3.60. The summed E-state index contributed by atoms with van der Waals surface area (Å²) >= 11 is 0. The molecule has 0 radical (unpaired) electrons. The van der Waals surface area contributed by atoms with Crippen LogP contribution in [0.1, 0.15) is 5.56 Å². The third kappa shape index (κ3) is 1.18. The summed E-state index contributed by atoms with van der Waals surface area (Å²) in [6.45, 7) is 2.07. The number of aromatic nitrogens is 1. The highest BCUT2D eigenvalue weighted by molar-refractivity contribution is 6.23. The molecule has 2 nitrogen and oxygen atoms in total. The number of para-hydroxylation sites is 2. The number of hydrogen-bond donors (Lipinski definition) is 1. The zero-order valence-corrected chi connectivity index (χ0v) is 11.7. The Morgan fingerprint density at radius 2 is 1.48 bits per heavy atom. The van der Waals surface area contributed by atoms with E-state index in [1.54, 1.807) is 0 Å². The first-order valence-corrected chi connectivity index (χ1v) is 7.19. The van der Waals surface area contributed by atoms with Crippen molar-refractivity contribution < 1.29 is 0 Å². The molecule has 2 aromatic heterocycles. The molecule has 0 atom stereocenters. The Morgan fingerprint density at radius 3 is 2.33 bits per heavy atom. The molecule has 2 heteroatoms. The minimum atomic E-state index is 0.862. The smallest absolute Gasteiger partial charge is 0.0620 e. The lowest BCUT2D eigenvalue weighted by atomic mass is 10.1. The largest absolute Gasteiger partial charge is 0.398 e. The van der Waals surface area contributed by atoms with Crippen LogP contribution in [0.3, 0.4) is 0 Å². The molecule has 0 saturated carbocycles. The molecule has 100 valence electrons. The normalized spacial score (nSPS) is 12.2. The number of anilines is 1. The summed E-state index contributed by atoms with van der Waals surface area (Å²) in [5, 5.41) is 5.15. The molecule has 0 amide bonds. The van der Waals surface area contributed by atoms with Crippen molar-refractivity contribution in [3.05, 3.63) is 60.2 Å². The summed E-state index contributed by atoms with van der Waals surface area (Å²) in [7, 11) is 0. The lowest BCUT2D eigenvalue weighted by molar-refractivity contribution is 1.36. The molecule has 3 aromatic carbocycles. The average Bonchev–Trinajstić information content (AvgIpc) is 3.00. The molecule has 0 aliphatic heterocycles. The Kier molecular flexibility index (Phi) is 1.81. The van der Waals surface area contributed by atoms with E-state index in [4.69, 9.17) is 5.73 Å². The highest BCUT2D eigenvalue weighted by atomic mass is 14.9. The summed E-state index contributed by atoms with van der Waals surface area (Å²) < 4.78 is 2.38. The van der Waals surface area contributed by atoms with Crippen molar-refractivity contribution in [2.75, 3.05) is 5.73 Å². The summed E-state index contributed by atoms with van der Waals surface area (Å²) in [5.74, 6) is 0. The Balaban J connectivity index is 2.25. The highest BCUT2D eigenvalue weighted by Crippen LogP contribution is 2.39. The van der Waals surface area contributed by atoms with Crippen LogP contribution in [-0.2, 0) is 0 Å². The van der Waals surface area contributed by atoms with E-state index in [1.165, 1.54) is 38.1 Å². The molecular weight excluding hydrogens is 256 g/mol. The third-order valence-electron chi connectivity index (χ3n) is 4.61. The van der Waals surface area contributed by atoms with Gasteiger partial charge in [-0.2, -0.15) is 0 Å². The molecule has 0 aliphatic rings. The highest BCUT2D eigenvalue weighted by Gasteiger charge is 2.17. The fraction of sp³-hybridized carbons (Fsp3) is 0.0526. The van der Waals surface area contributed by atoms with E-state index in [9.17, 15) is 0 Å². The van der Waals surface area contributed by atoms with Gasteiger partial charge in [-0.05, 0) is 30.7 Å². The van der Waals surface area contributed by atoms with Crippen LogP contribution in [0, 0.1) is 6.92 Å². The molecule has 0 fully saturated rings. The molecular formula is C19H14N2. The molecule has 0 saturated heterocycles. The van der Waals surface area contributed by atoms with Gasteiger partial charge < -0.3 is 10.1 Å². The van der Waals surface area contributed by atoms with Gasteiger partial charge in [0.25, 0.3) is 0 Å². The predicted molar refractivity (Wildman–Crippen MR) is 90.3 cm³/mol. The number of nitrogens with two attached hydrogens (primary N) is 1. The maximum Gasteiger partial charge on any atom is 0.0620 e. The lowest BCUT2D eigenvalue weighted by Crippen LogP contribution is -1.89. The number of hydrogen-bond acceptors (Lipinski definition) is 1. The van der Waals surface area contributed by atoms with Crippen LogP contribution < -0.4 is 5.73 Å². The molecule has 0 aliphatic carbocycles. The van der Waals surface area contributed by atoms with Crippen molar-refractivity contribution in [2.24, 2.45) is 0 Å². The van der Waals surface area contributed by atoms with Gasteiger partial charge in [-0.15, -0.1) is 0 Å². The second kappa shape index (κ2) is 3.47. The minimum absolute atomic E-state index is 0.862. The average molecular weight is 270 g/mol. The monoisotopic (exact) mass is 270 g/mol. The molecule has 21 heavy (non-hydrogen) atoms. The second-order valence-electron chi connectivity index (χ2n) is 5.78. The maximum absolute atomic E-state index is 6.13. The van der Waals surface area contributed by atoms with Gasteiger partial charge in [-0.25, -0.2) is 0 Å². The van der Waals surface area contributed by atoms with Crippen molar-refractivity contribution in [3.8, 4) is 0 Å². The molecule has 0 unspecified atom stereocenters.